The average molecular weight is 377 g/mol. The Morgan fingerprint density at radius 1 is 1.29 bits per heavy atom. The van der Waals surface area contributed by atoms with E-state index < -0.39 is 10.0 Å². The van der Waals surface area contributed by atoms with Gasteiger partial charge in [0.2, 0.25) is 10.0 Å². The maximum Gasteiger partial charge on any atom is 0.244 e. The Kier molecular flexibility index (Phi) is 6.40. The van der Waals surface area contributed by atoms with E-state index in [2.05, 4.69) is 29.8 Å². The van der Waals surface area contributed by atoms with Crippen LogP contribution in [-0.2, 0) is 16.6 Å². The highest BCUT2D eigenvalue weighted by Gasteiger charge is 2.28. The van der Waals surface area contributed by atoms with Gasteiger partial charge in [-0.05, 0) is 59.3 Å². The summed E-state index contributed by atoms with van der Waals surface area (Å²) >= 11 is 3.40. The Bertz CT molecular complexity index is 600. The molecule has 0 radical (unpaired) electrons. The average Bonchev–Trinajstić information content (AvgIpc) is 2.39. The predicted octanol–water partition coefficient (Wildman–Crippen LogP) is 3.27. The van der Waals surface area contributed by atoms with E-state index in [1.807, 2.05) is 19.9 Å². The van der Waals surface area contributed by atoms with Gasteiger partial charge in [0.15, 0.2) is 0 Å². The molecule has 0 aliphatic rings. The maximum atomic E-state index is 12.9. The Balaban J connectivity index is 3.27. The summed E-state index contributed by atoms with van der Waals surface area (Å²) in [5.74, 6) is 0.443. The first-order chi connectivity index (χ1) is 9.61. The summed E-state index contributed by atoms with van der Waals surface area (Å²) in [5.41, 5.74) is 7.35. The van der Waals surface area contributed by atoms with Crippen LogP contribution in [-0.4, -0.2) is 25.8 Å². The third-order valence-corrected chi connectivity index (χ3v) is 6.92. The molecule has 120 valence electrons. The highest BCUT2D eigenvalue weighted by molar-refractivity contribution is 9.10. The van der Waals surface area contributed by atoms with Crippen molar-refractivity contribution in [2.45, 2.75) is 51.6 Å². The fraction of sp³-hybridized carbons (Fsp3) is 0.600. The zero-order valence-electron chi connectivity index (χ0n) is 13.4. The number of benzene rings is 1. The zero-order valence-corrected chi connectivity index (χ0v) is 15.8. The van der Waals surface area contributed by atoms with Gasteiger partial charge in [0.05, 0.1) is 4.90 Å². The van der Waals surface area contributed by atoms with Gasteiger partial charge in [-0.3, -0.25) is 0 Å². The van der Waals surface area contributed by atoms with Gasteiger partial charge >= 0.3 is 0 Å². The largest absolute Gasteiger partial charge is 0.326 e. The molecule has 0 amide bonds. The minimum Gasteiger partial charge on any atom is -0.326 e. The molecule has 1 unspecified atom stereocenters. The van der Waals surface area contributed by atoms with Crippen LogP contribution >= 0.6 is 15.9 Å². The number of sulfonamides is 1. The number of hydrogen-bond acceptors (Lipinski definition) is 3. The predicted molar refractivity (Wildman–Crippen MR) is 90.6 cm³/mol. The molecule has 1 aromatic carbocycles. The molecule has 0 aliphatic carbocycles. The highest BCUT2D eigenvalue weighted by atomic mass is 79.9. The molecule has 0 fully saturated rings. The van der Waals surface area contributed by atoms with Crippen LogP contribution in [0.15, 0.2) is 21.5 Å². The molecular formula is C15H25BrN2O2S. The molecule has 0 aromatic heterocycles. The van der Waals surface area contributed by atoms with Gasteiger partial charge in [-0.1, -0.05) is 19.9 Å². The van der Waals surface area contributed by atoms with Crippen molar-refractivity contribution in [1.82, 2.24) is 4.31 Å². The van der Waals surface area contributed by atoms with Gasteiger partial charge in [0, 0.05) is 24.1 Å². The van der Waals surface area contributed by atoms with Crippen molar-refractivity contribution in [1.29, 1.82) is 0 Å². The first-order valence-corrected chi connectivity index (χ1v) is 9.31. The normalized spacial score (nSPS) is 14.0. The van der Waals surface area contributed by atoms with Crippen molar-refractivity contribution in [3.8, 4) is 0 Å². The van der Waals surface area contributed by atoms with Gasteiger partial charge in [-0.15, -0.1) is 0 Å². The lowest BCUT2D eigenvalue weighted by molar-refractivity contribution is 0.337. The van der Waals surface area contributed by atoms with Crippen molar-refractivity contribution in [2.75, 3.05) is 7.05 Å². The molecule has 0 saturated carbocycles. The first-order valence-electron chi connectivity index (χ1n) is 7.08. The molecule has 1 aromatic rings. The molecule has 4 nitrogen and oxygen atoms in total. The molecule has 21 heavy (non-hydrogen) atoms. The first kappa shape index (κ1) is 18.6. The summed E-state index contributed by atoms with van der Waals surface area (Å²) in [6.07, 6.45) is 0.822. The van der Waals surface area contributed by atoms with Crippen LogP contribution < -0.4 is 5.73 Å². The quantitative estimate of drug-likeness (QED) is 0.828. The Morgan fingerprint density at radius 2 is 1.86 bits per heavy atom. The standard InChI is InChI=1S/C15H25BrN2O2S/c1-10(2)6-12(4)18(5)21(19,20)14-8-13(9-17)7-11(3)15(14)16/h7-8,10,12H,6,9,17H2,1-5H3. The summed E-state index contributed by atoms with van der Waals surface area (Å²) in [7, 11) is -1.90. The van der Waals surface area contributed by atoms with Gasteiger partial charge in [-0.25, -0.2) is 8.42 Å². The van der Waals surface area contributed by atoms with Crippen molar-refractivity contribution in [3.63, 3.8) is 0 Å². The van der Waals surface area contributed by atoms with Crippen molar-refractivity contribution < 1.29 is 8.42 Å². The molecule has 0 heterocycles. The van der Waals surface area contributed by atoms with E-state index >= 15 is 0 Å². The highest BCUT2D eigenvalue weighted by Crippen LogP contribution is 2.30. The summed E-state index contributed by atoms with van der Waals surface area (Å²) < 4.78 is 27.8. The van der Waals surface area contributed by atoms with Crippen LogP contribution in [0.3, 0.4) is 0 Å². The van der Waals surface area contributed by atoms with Crippen LogP contribution in [0.1, 0.15) is 38.3 Å². The van der Waals surface area contributed by atoms with E-state index in [-0.39, 0.29) is 6.04 Å². The van der Waals surface area contributed by atoms with Gasteiger partial charge in [0.25, 0.3) is 0 Å². The molecule has 1 rings (SSSR count). The summed E-state index contributed by atoms with van der Waals surface area (Å²) in [6, 6.07) is 3.51. The molecule has 0 bridgehead atoms. The van der Waals surface area contributed by atoms with Crippen LogP contribution in [0, 0.1) is 12.8 Å². The van der Waals surface area contributed by atoms with Gasteiger partial charge in [-0.2, -0.15) is 4.31 Å². The Labute approximate surface area is 136 Å². The van der Waals surface area contributed by atoms with E-state index in [1.54, 1.807) is 13.1 Å². The minimum absolute atomic E-state index is 0.0521. The van der Waals surface area contributed by atoms with Gasteiger partial charge < -0.3 is 5.73 Å². The minimum atomic E-state index is -3.54. The SMILES string of the molecule is Cc1cc(CN)cc(S(=O)(=O)N(C)C(C)CC(C)C)c1Br. The number of hydrogen-bond donors (Lipinski definition) is 1. The van der Waals surface area contributed by atoms with E-state index in [0.717, 1.165) is 17.5 Å². The second kappa shape index (κ2) is 7.22. The van der Waals surface area contributed by atoms with Crippen molar-refractivity contribution in [3.05, 3.63) is 27.7 Å². The summed E-state index contributed by atoms with van der Waals surface area (Å²) in [5, 5.41) is 0. The number of nitrogens with zero attached hydrogens (tertiary/aromatic N) is 1. The lowest BCUT2D eigenvalue weighted by Crippen LogP contribution is -2.36. The molecule has 1 atom stereocenters. The molecular weight excluding hydrogens is 352 g/mol. The van der Waals surface area contributed by atoms with Crippen molar-refractivity contribution in [2.24, 2.45) is 11.7 Å². The Morgan fingerprint density at radius 3 is 2.33 bits per heavy atom. The molecule has 6 heteroatoms. The van der Waals surface area contributed by atoms with Crippen molar-refractivity contribution >= 4 is 26.0 Å². The number of rotatable bonds is 6. The topological polar surface area (TPSA) is 63.4 Å². The summed E-state index contributed by atoms with van der Waals surface area (Å²) in [6.45, 7) is 8.31. The monoisotopic (exact) mass is 376 g/mol. The molecule has 0 aliphatic heterocycles. The lowest BCUT2D eigenvalue weighted by Gasteiger charge is -2.26. The van der Waals surface area contributed by atoms with E-state index in [4.69, 9.17) is 5.73 Å². The number of halogens is 1. The van der Waals surface area contributed by atoms with Crippen LogP contribution in [0.2, 0.25) is 0 Å². The maximum absolute atomic E-state index is 12.9. The van der Waals surface area contributed by atoms with E-state index in [0.29, 0.717) is 21.8 Å². The molecule has 0 spiro atoms. The second-order valence-electron chi connectivity index (χ2n) is 5.93. The second-order valence-corrected chi connectivity index (χ2v) is 8.69. The number of aryl methyl sites for hydroxylation is 1. The van der Waals surface area contributed by atoms with Gasteiger partial charge in [0.1, 0.15) is 0 Å². The third kappa shape index (κ3) is 4.28. The van der Waals surface area contributed by atoms with Crippen LogP contribution in [0.4, 0.5) is 0 Å². The number of nitrogens with two attached hydrogens (primary N) is 1. The van der Waals surface area contributed by atoms with Crippen LogP contribution in [0.5, 0.6) is 0 Å². The van der Waals surface area contributed by atoms with Crippen LogP contribution in [0.25, 0.3) is 0 Å². The molecule has 2 N–H and O–H groups in total. The lowest BCUT2D eigenvalue weighted by atomic mass is 10.1. The smallest absolute Gasteiger partial charge is 0.244 e. The summed E-state index contributed by atoms with van der Waals surface area (Å²) in [4.78, 5) is 0.293. The van der Waals surface area contributed by atoms with E-state index in [9.17, 15) is 8.42 Å². The third-order valence-electron chi connectivity index (χ3n) is 3.61. The Hall–Kier alpha value is -0.430. The fourth-order valence-electron chi connectivity index (χ4n) is 2.34. The molecule has 0 saturated heterocycles. The zero-order chi connectivity index (χ0) is 16.4. The van der Waals surface area contributed by atoms with E-state index in [1.165, 1.54) is 4.31 Å². The fourth-order valence-corrected chi connectivity index (χ4v) is 4.74.